The number of carbonyl (C=O) groups is 1. The number of hydrogen-bond acceptors (Lipinski definition) is 3. The molecule has 0 radical (unpaired) electrons. The summed E-state index contributed by atoms with van der Waals surface area (Å²) in [4.78, 5) is 13.0. The van der Waals surface area contributed by atoms with E-state index in [1.54, 1.807) is 7.11 Å². The van der Waals surface area contributed by atoms with Gasteiger partial charge in [-0.05, 0) is 23.3 Å². The summed E-state index contributed by atoms with van der Waals surface area (Å²) >= 11 is 0. The molecule has 1 aliphatic rings. The minimum absolute atomic E-state index is 0.0694. The van der Waals surface area contributed by atoms with Crippen LogP contribution in [0.3, 0.4) is 0 Å². The van der Waals surface area contributed by atoms with E-state index in [1.807, 2.05) is 78.9 Å². The second-order valence-electron chi connectivity index (χ2n) is 6.20. The van der Waals surface area contributed by atoms with Gasteiger partial charge in [0.05, 0.1) is 18.4 Å². The third kappa shape index (κ3) is 2.88. The van der Waals surface area contributed by atoms with Crippen LogP contribution in [-0.4, -0.2) is 12.9 Å². The Bertz CT molecular complexity index is 990. The molecule has 3 aromatic carbocycles. The molecule has 3 heteroatoms. The van der Waals surface area contributed by atoms with Crippen molar-refractivity contribution >= 4 is 17.1 Å². The van der Waals surface area contributed by atoms with E-state index >= 15 is 0 Å². The summed E-state index contributed by atoms with van der Waals surface area (Å²) in [6.07, 6.45) is 0. The lowest BCUT2D eigenvalue weighted by molar-refractivity contribution is 0.105. The Morgan fingerprint density at radius 2 is 1.58 bits per heavy atom. The summed E-state index contributed by atoms with van der Waals surface area (Å²) in [5.74, 6) is 0.893. The second kappa shape index (κ2) is 6.89. The number of fused-ring (bicyclic) bond motifs is 1. The second-order valence-corrected chi connectivity index (χ2v) is 6.20. The zero-order chi connectivity index (χ0) is 17.9. The van der Waals surface area contributed by atoms with Gasteiger partial charge < -0.3 is 10.1 Å². The van der Waals surface area contributed by atoms with E-state index in [1.165, 1.54) is 0 Å². The van der Waals surface area contributed by atoms with Gasteiger partial charge in [-0.3, -0.25) is 4.79 Å². The first-order valence-corrected chi connectivity index (χ1v) is 8.58. The summed E-state index contributed by atoms with van der Waals surface area (Å²) in [5, 5.41) is 3.49. The summed E-state index contributed by atoms with van der Waals surface area (Å²) in [6, 6.07) is 25.5. The molecule has 0 aromatic heterocycles. The molecule has 0 fully saturated rings. The molecule has 0 bridgehead atoms. The molecule has 0 atom stereocenters. The summed E-state index contributed by atoms with van der Waals surface area (Å²) in [5.41, 5.74) is 5.36. The highest BCUT2D eigenvalue weighted by atomic mass is 16.5. The lowest BCUT2D eigenvalue weighted by Crippen LogP contribution is -2.12. The molecule has 3 nitrogen and oxygen atoms in total. The highest BCUT2D eigenvalue weighted by molar-refractivity contribution is 6.39. The van der Waals surface area contributed by atoms with Crippen LogP contribution in [0.25, 0.3) is 11.3 Å². The average molecular weight is 341 g/mol. The van der Waals surface area contributed by atoms with Crippen LogP contribution in [0.15, 0.2) is 78.9 Å². The van der Waals surface area contributed by atoms with Gasteiger partial charge in [0.15, 0.2) is 5.78 Å². The van der Waals surface area contributed by atoms with Crippen molar-refractivity contribution in [3.05, 3.63) is 101 Å². The number of ketones is 1. The molecular weight excluding hydrogens is 322 g/mol. The number of nitrogens with one attached hydrogen (secondary N) is 1. The third-order valence-electron chi connectivity index (χ3n) is 4.58. The van der Waals surface area contributed by atoms with Crippen molar-refractivity contribution in [2.75, 3.05) is 7.11 Å². The third-order valence-corrected chi connectivity index (χ3v) is 4.58. The fraction of sp³-hybridized carbons (Fsp3) is 0.0870. The van der Waals surface area contributed by atoms with E-state index in [-0.39, 0.29) is 5.78 Å². The summed E-state index contributed by atoms with van der Waals surface area (Å²) < 4.78 is 5.30. The Morgan fingerprint density at radius 3 is 2.35 bits per heavy atom. The van der Waals surface area contributed by atoms with Gasteiger partial charge in [0.1, 0.15) is 5.75 Å². The Kier molecular flexibility index (Phi) is 4.28. The van der Waals surface area contributed by atoms with Gasteiger partial charge in [0.2, 0.25) is 0 Å². The molecule has 0 spiro atoms. The van der Waals surface area contributed by atoms with Gasteiger partial charge in [0.25, 0.3) is 0 Å². The Balaban J connectivity index is 1.73. The maximum Gasteiger partial charge on any atom is 0.196 e. The fourth-order valence-corrected chi connectivity index (χ4v) is 3.32. The lowest BCUT2D eigenvalue weighted by Gasteiger charge is -2.12. The molecule has 0 aliphatic heterocycles. The van der Waals surface area contributed by atoms with Crippen molar-refractivity contribution < 1.29 is 9.53 Å². The number of hydrogen-bond donors (Lipinski definition) is 1. The maximum atomic E-state index is 13.0. The van der Waals surface area contributed by atoms with Crippen LogP contribution in [0.1, 0.15) is 27.0 Å². The lowest BCUT2D eigenvalue weighted by atomic mass is 10.0. The van der Waals surface area contributed by atoms with E-state index in [9.17, 15) is 4.79 Å². The summed E-state index contributed by atoms with van der Waals surface area (Å²) in [7, 11) is 1.66. The zero-order valence-corrected chi connectivity index (χ0v) is 14.5. The molecule has 4 rings (SSSR count). The van der Waals surface area contributed by atoms with Crippen LogP contribution in [0.2, 0.25) is 0 Å². The number of rotatable bonds is 5. The Hall–Kier alpha value is -3.33. The topological polar surface area (TPSA) is 38.3 Å². The van der Waals surface area contributed by atoms with Gasteiger partial charge >= 0.3 is 0 Å². The van der Waals surface area contributed by atoms with Crippen molar-refractivity contribution in [3.63, 3.8) is 0 Å². The first kappa shape index (κ1) is 16.2. The van der Waals surface area contributed by atoms with E-state index in [0.29, 0.717) is 6.54 Å². The van der Waals surface area contributed by atoms with Crippen LogP contribution in [-0.2, 0) is 6.54 Å². The molecule has 0 saturated carbocycles. The minimum Gasteiger partial charge on any atom is -0.497 e. The predicted molar refractivity (Wildman–Crippen MR) is 104 cm³/mol. The summed E-state index contributed by atoms with van der Waals surface area (Å²) in [6.45, 7) is 0.616. The number of carbonyl (C=O) groups excluding carboxylic acids is 1. The monoisotopic (exact) mass is 341 g/mol. The number of ether oxygens (including phenoxy) is 1. The molecule has 0 unspecified atom stereocenters. The van der Waals surface area contributed by atoms with Crippen LogP contribution >= 0.6 is 0 Å². The number of allylic oxidation sites excluding steroid dienone is 1. The van der Waals surface area contributed by atoms with Gasteiger partial charge in [-0.25, -0.2) is 0 Å². The standard InChI is InChI=1S/C23H19NO2/c1-26-18-11-7-8-16(14-18)15-24-22-19-12-5-6-13-20(19)23(25)21(22)17-9-3-2-4-10-17/h2-14,24H,15H2,1H3. The van der Waals surface area contributed by atoms with Crippen molar-refractivity contribution in [1.29, 1.82) is 0 Å². The van der Waals surface area contributed by atoms with Crippen LogP contribution in [0.5, 0.6) is 5.75 Å². The number of benzene rings is 3. The fourth-order valence-electron chi connectivity index (χ4n) is 3.32. The smallest absolute Gasteiger partial charge is 0.196 e. The van der Waals surface area contributed by atoms with Crippen molar-refractivity contribution in [3.8, 4) is 5.75 Å². The number of methoxy groups -OCH3 is 1. The molecule has 1 N–H and O–H groups in total. The van der Waals surface area contributed by atoms with E-state index in [2.05, 4.69) is 5.32 Å². The first-order chi connectivity index (χ1) is 12.8. The van der Waals surface area contributed by atoms with E-state index in [4.69, 9.17) is 4.74 Å². The minimum atomic E-state index is 0.0694. The van der Waals surface area contributed by atoms with Crippen molar-refractivity contribution in [2.24, 2.45) is 0 Å². The number of Topliss-reactive ketones (excluding diaryl/α,β-unsaturated/α-hetero) is 1. The highest BCUT2D eigenvalue weighted by Gasteiger charge is 2.30. The maximum absolute atomic E-state index is 13.0. The highest BCUT2D eigenvalue weighted by Crippen LogP contribution is 2.36. The predicted octanol–water partition coefficient (Wildman–Crippen LogP) is 4.55. The molecule has 0 amide bonds. The van der Waals surface area contributed by atoms with Crippen molar-refractivity contribution in [1.82, 2.24) is 5.32 Å². The van der Waals surface area contributed by atoms with Gasteiger partial charge in [-0.2, -0.15) is 0 Å². The van der Waals surface area contributed by atoms with Crippen molar-refractivity contribution in [2.45, 2.75) is 6.54 Å². The van der Waals surface area contributed by atoms with Crippen LogP contribution in [0, 0.1) is 0 Å². The van der Waals surface area contributed by atoms with Crippen LogP contribution < -0.4 is 10.1 Å². The molecule has 3 aromatic rings. The van der Waals surface area contributed by atoms with Gasteiger partial charge in [-0.1, -0.05) is 66.7 Å². The van der Waals surface area contributed by atoms with E-state index < -0.39 is 0 Å². The molecule has 0 heterocycles. The van der Waals surface area contributed by atoms with Gasteiger partial charge in [0, 0.05) is 17.7 Å². The molecule has 128 valence electrons. The molecule has 0 saturated heterocycles. The average Bonchev–Trinajstić information content (AvgIpc) is 2.99. The normalized spacial score (nSPS) is 12.9. The molecule has 1 aliphatic carbocycles. The Labute approximate surface area is 152 Å². The Morgan fingerprint density at radius 1 is 0.846 bits per heavy atom. The first-order valence-electron chi connectivity index (χ1n) is 8.58. The quantitative estimate of drug-likeness (QED) is 0.740. The molecule has 26 heavy (non-hydrogen) atoms. The van der Waals surface area contributed by atoms with E-state index in [0.717, 1.165) is 39.3 Å². The SMILES string of the molecule is COc1cccc(CNC2=C(c3ccccc3)C(=O)c3ccccc32)c1. The van der Waals surface area contributed by atoms with Crippen LogP contribution in [0.4, 0.5) is 0 Å². The van der Waals surface area contributed by atoms with Gasteiger partial charge in [-0.15, -0.1) is 0 Å². The zero-order valence-electron chi connectivity index (χ0n) is 14.5. The molecular formula is C23H19NO2. The largest absolute Gasteiger partial charge is 0.497 e.